The van der Waals surface area contributed by atoms with Crippen LogP contribution in [0.5, 0.6) is 0 Å². The Hall–Kier alpha value is -0.460. The summed E-state index contributed by atoms with van der Waals surface area (Å²) in [4.78, 5) is 0. The first-order valence-corrected chi connectivity index (χ1v) is 6.57. The zero-order valence-electron chi connectivity index (χ0n) is 10.1. The molecular formula is C14H24O. The summed E-state index contributed by atoms with van der Waals surface area (Å²) in [5.74, 6) is 2.79. The molecule has 1 saturated carbocycles. The number of hydrogen-bond acceptors (Lipinski definition) is 1. The first-order chi connectivity index (χ1) is 7.18. The Kier molecular flexibility index (Phi) is 3.38. The van der Waals surface area contributed by atoms with Gasteiger partial charge in [-0.3, -0.25) is 0 Å². The minimum Gasteiger partial charge on any atom is -0.512 e. The molecule has 1 heteroatoms. The minimum absolute atomic E-state index is 0.494. The lowest BCUT2D eigenvalue weighted by Crippen LogP contribution is -2.26. The maximum absolute atomic E-state index is 10.2. The van der Waals surface area contributed by atoms with E-state index < -0.39 is 0 Å². The summed E-state index contributed by atoms with van der Waals surface area (Å²) in [5, 5.41) is 10.2. The molecule has 2 rings (SSSR count). The van der Waals surface area contributed by atoms with Crippen molar-refractivity contribution in [2.24, 2.45) is 17.8 Å². The second-order valence-electron chi connectivity index (χ2n) is 5.72. The van der Waals surface area contributed by atoms with Crippen LogP contribution in [0.4, 0.5) is 0 Å². The number of allylic oxidation sites excluding steroid dienone is 2. The molecule has 1 fully saturated rings. The van der Waals surface area contributed by atoms with Gasteiger partial charge in [-0.05, 0) is 50.0 Å². The number of aliphatic hydroxyl groups is 1. The van der Waals surface area contributed by atoms with E-state index >= 15 is 0 Å². The molecule has 0 bridgehead atoms. The smallest absolute Gasteiger partial charge is 0.0945 e. The lowest BCUT2D eigenvalue weighted by atomic mass is 9.71. The highest BCUT2D eigenvalue weighted by molar-refractivity contribution is 5.13. The molecule has 2 aliphatic rings. The van der Waals surface area contributed by atoms with Crippen LogP contribution in [-0.2, 0) is 0 Å². The van der Waals surface area contributed by atoms with Crippen LogP contribution in [-0.4, -0.2) is 5.11 Å². The van der Waals surface area contributed by atoms with Crippen LogP contribution in [0.25, 0.3) is 0 Å². The zero-order valence-corrected chi connectivity index (χ0v) is 10.1. The maximum atomic E-state index is 10.2. The van der Waals surface area contributed by atoms with Gasteiger partial charge in [-0.1, -0.05) is 26.2 Å². The number of hydrogen-bond donors (Lipinski definition) is 1. The van der Waals surface area contributed by atoms with Crippen molar-refractivity contribution in [3.8, 4) is 0 Å². The van der Waals surface area contributed by atoms with Crippen LogP contribution in [0.1, 0.15) is 58.8 Å². The first-order valence-electron chi connectivity index (χ1n) is 6.57. The normalized spacial score (nSPS) is 34.5. The van der Waals surface area contributed by atoms with Gasteiger partial charge in [0, 0.05) is 5.92 Å². The van der Waals surface area contributed by atoms with E-state index in [4.69, 9.17) is 0 Å². The maximum Gasteiger partial charge on any atom is 0.0945 e. The average Bonchev–Trinajstić information content (AvgIpc) is 2.24. The van der Waals surface area contributed by atoms with Crippen LogP contribution >= 0.6 is 0 Å². The van der Waals surface area contributed by atoms with Crippen molar-refractivity contribution in [3.05, 3.63) is 11.3 Å². The van der Waals surface area contributed by atoms with Crippen molar-refractivity contribution in [1.29, 1.82) is 0 Å². The van der Waals surface area contributed by atoms with Gasteiger partial charge in [-0.25, -0.2) is 0 Å². The summed E-state index contributed by atoms with van der Waals surface area (Å²) in [7, 11) is 0. The van der Waals surface area contributed by atoms with Crippen LogP contribution in [0.15, 0.2) is 11.3 Å². The Morgan fingerprint density at radius 1 is 1.13 bits per heavy atom. The molecular weight excluding hydrogens is 184 g/mol. The fraction of sp³-hybridized carbons (Fsp3) is 0.857. The highest BCUT2D eigenvalue weighted by atomic mass is 16.3. The molecule has 2 aliphatic carbocycles. The number of aliphatic hydroxyl groups excluding tert-OH is 1. The third kappa shape index (κ3) is 2.38. The standard InChI is InChI=1S/C14H24O/c1-10-8-11(2)14(15)13(9-10)12-6-4-3-5-7-12/h10,12-13,15H,3-9H2,1-2H3/t10?,13-/m1/s1. The molecule has 0 saturated heterocycles. The van der Waals surface area contributed by atoms with E-state index in [0.29, 0.717) is 5.92 Å². The van der Waals surface area contributed by atoms with Gasteiger partial charge in [-0.15, -0.1) is 0 Å². The Bertz CT molecular complexity index is 248. The summed E-state index contributed by atoms with van der Waals surface area (Å²) >= 11 is 0. The largest absolute Gasteiger partial charge is 0.512 e. The zero-order chi connectivity index (χ0) is 10.8. The molecule has 2 atom stereocenters. The summed E-state index contributed by atoms with van der Waals surface area (Å²) < 4.78 is 0. The Morgan fingerprint density at radius 2 is 1.80 bits per heavy atom. The van der Waals surface area contributed by atoms with Gasteiger partial charge in [0.05, 0.1) is 5.76 Å². The predicted octanol–water partition coefficient (Wildman–Crippen LogP) is 4.44. The van der Waals surface area contributed by atoms with E-state index in [1.807, 2.05) is 0 Å². The van der Waals surface area contributed by atoms with E-state index in [0.717, 1.165) is 24.0 Å². The Morgan fingerprint density at radius 3 is 2.47 bits per heavy atom. The minimum atomic E-state index is 0.494. The first kappa shape index (κ1) is 11.0. The Balaban J connectivity index is 2.09. The van der Waals surface area contributed by atoms with Crippen LogP contribution in [0.3, 0.4) is 0 Å². The summed E-state index contributed by atoms with van der Waals surface area (Å²) in [5.41, 5.74) is 1.25. The number of rotatable bonds is 1. The molecule has 1 N–H and O–H groups in total. The fourth-order valence-electron chi connectivity index (χ4n) is 3.52. The van der Waals surface area contributed by atoms with Crippen LogP contribution in [0, 0.1) is 17.8 Å². The summed E-state index contributed by atoms with van der Waals surface area (Å²) in [6.07, 6.45) is 9.17. The van der Waals surface area contributed by atoms with Crippen molar-refractivity contribution < 1.29 is 5.11 Å². The SMILES string of the molecule is CC1=C(O)[C@@H](C2CCCCC2)CC(C)C1. The molecule has 0 aliphatic heterocycles. The highest BCUT2D eigenvalue weighted by Gasteiger charge is 2.32. The van der Waals surface area contributed by atoms with Gasteiger partial charge in [0.1, 0.15) is 0 Å². The van der Waals surface area contributed by atoms with E-state index in [9.17, 15) is 5.11 Å². The van der Waals surface area contributed by atoms with E-state index in [-0.39, 0.29) is 0 Å². The van der Waals surface area contributed by atoms with E-state index in [1.165, 1.54) is 44.1 Å². The third-order valence-electron chi connectivity index (χ3n) is 4.32. The van der Waals surface area contributed by atoms with E-state index in [1.54, 1.807) is 0 Å². The highest BCUT2D eigenvalue weighted by Crippen LogP contribution is 2.41. The molecule has 1 unspecified atom stereocenters. The summed E-state index contributed by atoms with van der Waals surface area (Å²) in [6.45, 7) is 4.44. The molecule has 86 valence electrons. The second-order valence-corrected chi connectivity index (χ2v) is 5.72. The van der Waals surface area contributed by atoms with Gasteiger partial charge in [0.25, 0.3) is 0 Å². The lowest BCUT2D eigenvalue weighted by Gasteiger charge is -2.35. The quantitative estimate of drug-likeness (QED) is 0.675. The second kappa shape index (κ2) is 4.59. The molecule has 15 heavy (non-hydrogen) atoms. The molecule has 0 radical (unpaired) electrons. The third-order valence-corrected chi connectivity index (χ3v) is 4.32. The van der Waals surface area contributed by atoms with Gasteiger partial charge < -0.3 is 5.11 Å². The van der Waals surface area contributed by atoms with Gasteiger partial charge in [0.15, 0.2) is 0 Å². The van der Waals surface area contributed by atoms with Gasteiger partial charge in [0.2, 0.25) is 0 Å². The van der Waals surface area contributed by atoms with Gasteiger partial charge >= 0.3 is 0 Å². The van der Waals surface area contributed by atoms with E-state index in [2.05, 4.69) is 13.8 Å². The van der Waals surface area contributed by atoms with Crippen LogP contribution < -0.4 is 0 Å². The van der Waals surface area contributed by atoms with Crippen molar-refractivity contribution in [2.75, 3.05) is 0 Å². The van der Waals surface area contributed by atoms with Crippen molar-refractivity contribution in [3.63, 3.8) is 0 Å². The molecule has 0 aromatic heterocycles. The predicted molar refractivity (Wildman–Crippen MR) is 63.8 cm³/mol. The molecule has 0 heterocycles. The van der Waals surface area contributed by atoms with Crippen molar-refractivity contribution >= 4 is 0 Å². The average molecular weight is 208 g/mol. The fourth-order valence-corrected chi connectivity index (χ4v) is 3.52. The topological polar surface area (TPSA) is 20.2 Å². The molecule has 0 aromatic carbocycles. The van der Waals surface area contributed by atoms with Crippen molar-refractivity contribution in [2.45, 2.75) is 58.8 Å². The summed E-state index contributed by atoms with van der Waals surface area (Å²) in [6, 6.07) is 0. The Labute approximate surface area is 93.6 Å². The lowest BCUT2D eigenvalue weighted by molar-refractivity contribution is 0.168. The van der Waals surface area contributed by atoms with Crippen molar-refractivity contribution in [1.82, 2.24) is 0 Å². The van der Waals surface area contributed by atoms with Crippen LogP contribution in [0.2, 0.25) is 0 Å². The molecule has 0 spiro atoms. The molecule has 0 amide bonds. The monoisotopic (exact) mass is 208 g/mol. The molecule has 1 nitrogen and oxygen atoms in total. The van der Waals surface area contributed by atoms with Gasteiger partial charge in [-0.2, -0.15) is 0 Å². The molecule has 0 aromatic rings.